The van der Waals surface area contributed by atoms with Gasteiger partial charge in [-0.1, -0.05) is 45.0 Å². The molecule has 2 heteroatoms. The van der Waals surface area contributed by atoms with Crippen LogP contribution in [0, 0.1) is 3.57 Å². The molecule has 0 aliphatic carbocycles. The first-order valence-corrected chi connectivity index (χ1v) is 7.07. The minimum Gasteiger partial charge on any atom is -0.456 e. The van der Waals surface area contributed by atoms with Gasteiger partial charge < -0.3 is 4.74 Å². The lowest BCUT2D eigenvalue weighted by Gasteiger charge is -2.20. The summed E-state index contributed by atoms with van der Waals surface area (Å²) in [6, 6.07) is 16.3. The van der Waals surface area contributed by atoms with E-state index in [1.165, 1.54) is 5.56 Å². The Hall–Kier alpha value is -1.03. The van der Waals surface area contributed by atoms with Crippen molar-refractivity contribution in [2.24, 2.45) is 0 Å². The molecule has 0 unspecified atom stereocenters. The van der Waals surface area contributed by atoms with E-state index in [1.54, 1.807) is 0 Å². The smallest absolute Gasteiger partial charge is 0.141 e. The van der Waals surface area contributed by atoms with Gasteiger partial charge in [-0.15, -0.1) is 0 Å². The molecule has 1 nitrogen and oxygen atoms in total. The van der Waals surface area contributed by atoms with Gasteiger partial charge in [-0.2, -0.15) is 0 Å². The Morgan fingerprint density at radius 3 is 2.22 bits per heavy atom. The van der Waals surface area contributed by atoms with Crippen molar-refractivity contribution in [3.05, 3.63) is 57.7 Å². The second-order valence-corrected chi connectivity index (χ2v) is 6.47. The Balaban J connectivity index is 2.33. The van der Waals surface area contributed by atoms with Gasteiger partial charge in [0.2, 0.25) is 0 Å². The van der Waals surface area contributed by atoms with Gasteiger partial charge in [0.25, 0.3) is 0 Å². The summed E-state index contributed by atoms with van der Waals surface area (Å²) in [6.07, 6.45) is 0. The summed E-state index contributed by atoms with van der Waals surface area (Å²) < 4.78 is 7.07. The second kappa shape index (κ2) is 5.31. The van der Waals surface area contributed by atoms with E-state index in [0.717, 1.165) is 15.1 Å². The van der Waals surface area contributed by atoms with Crippen LogP contribution in [0.1, 0.15) is 26.3 Å². The van der Waals surface area contributed by atoms with Gasteiger partial charge in [0.1, 0.15) is 11.5 Å². The highest BCUT2D eigenvalue weighted by Crippen LogP contribution is 2.32. The third kappa shape index (κ3) is 3.25. The lowest BCUT2D eigenvalue weighted by molar-refractivity contribution is 0.475. The molecule has 0 aliphatic heterocycles. The largest absolute Gasteiger partial charge is 0.456 e. The van der Waals surface area contributed by atoms with Crippen molar-refractivity contribution < 1.29 is 4.74 Å². The third-order valence-electron chi connectivity index (χ3n) is 2.77. The molecule has 0 N–H and O–H groups in total. The number of halogens is 1. The van der Waals surface area contributed by atoms with Crippen LogP contribution in [0.25, 0.3) is 0 Å². The van der Waals surface area contributed by atoms with Crippen LogP contribution in [0.5, 0.6) is 11.5 Å². The minimum atomic E-state index is 0.138. The van der Waals surface area contributed by atoms with Crippen molar-refractivity contribution in [1.29, 1.82) is 0 Å². The van der Waals surface area contributed by atoms with Crippen LogP contribution in [0.4, 0.5) is 0 Å². The lowest BCUT2D eigenvalue weighted by Crippen LogP contribution is -2.11. The molecule has 0 saturated heterocycles. The molecule has 0 fully saturated rings. The van der Waals surface area contributed by atoms with Crippen LogP contribution in [-0.2, 0) is 5.41 Å². The first-order chi connectivity index (χ1) is 8.47. The van der Waals surface area contributed by atoms with E-state index in [-0.39, 0.29) is 5.41 Å². The highest BCUT2D eigenvalue weighted by Gasteiger charge is 2.15. The maximum absolute atomic E-state index is 5.94. The molecular weight excluding hydrogens is 335 g/mol. The number of para-hydroxylation sites is 1. The molecule has 2 rings (SSSR count). The molecule has 0 radical (unpaired) electrons. The van der Waals surface area contributed by atoms with Crippen LogP contribution in [-0.4, -0.2) is 0 Å². The summed E-state index contributed by atoms with van der Waals surface area (Å²) in [5.74, 6) is 1.80. The van der Waals surface area contributed by atoms with Gasteiger partial charge in [0.05, 0.1) is 3.57 Å². The first-order valence-electron chi connectivity index (χ1n) is 6.00. The average molecular weight is 352 g/mol. The highest BCUT2D eigenvalue weighted by molar-refractivity contribution is 14.1. The van der Waals surface area contributed by atoms with Gasteiger partial charge in [-0.3, -0.25) is 0 Å². The molecule has 94 valence electrons. The van der Waals surface area contributed by atoms with Gasteiger partial charge in [-0.25, -0.2) is 0 Å². The fourth-order valence-electron chi connectivity index (χ4n) is 1.66. The fraction of sp³-hybridized carbons (Fsp3) is 0.250. The Bertz CT molecular complexity index is 527. The maximum atomic E-state index is 5.94. The van der Waals surface area contributed by atoms with E-state index < -0.39 is 0 Å². The van der Waals surface area contributed by atoms with Gasteiger partial charge >= 0.3 is 0 Å². The number of hydrogen-bond acceptors (Lipinski definition) is 1. The zero-order chi connectivity index (χ0) is 13.2. The van der Waals surface area contributed by atoms with Crippen LogP contribution >= 0.6 is 22.6 Å². The zero-order valence-corrected chi connectivity index (χ0v) is 13.1. The Kier molecular flexibility index (Phi) is 3.95. The van der Waals surface area contributed by atoms with Gasteiger partial charge in [-0.05, 0) is 57.8 Å². The van der Waals surface area contributed by atoms with Crippen molar-refractivity contribution in [2.75, 3.05) is 0 Å². The zero-order valence-electron chi connectivity index (χ0n) is 10.9. The maximum Gasteiger partial charge on any atom is 0.141 e. The molecule has 0 atom stereocenters. The number of benzene rings is 2. The minimum absolute atomic E-state index is 0.138. The van der Waals surface area contributed by atoms with E-state index in [9.17, 15) is 0 Å². The molecule has 0 aliphatic rings. The molecule has 0 heterocycles. The van der Waals surface area contributed by atoms with Crippen molar-refractivity contribution in [2.45, 2.75) is 26.2 Å². The SMILES string of the molecule is CC(C)(C)c1ccc(I)c(Oc2ccccc2)c1. The summed E-state index contributed by atoms with van der Waals surface area (Å²) in [7, 11) is 0. The van der Waals surface area contributed by atoms with Crippen molar-refractivity contribution in [3.63, 3.8) is 0 Å². The summed E-state index contributed by atoms with van der Waals surface area (Å²) in [5.41, 5.74) is 1.42. The number of rotatable bonds is 2. The summed E-state index contributed by atoms with van der Waals surface area (Å²) in [4.78, 5) is 0. The third-order valence-corrected chi connectivity index (χ3v) is 3.66. The molecule has 18 heavy (non-hydrogen) atoms. The normalized spacial score (nSPS) is 11.3. The van der Waals surface area contributed by atoms with E-state index in [1.807, 2.05) is 30.3 Å². The Morgan fingerprint density at radius 2 is 1.61 bits per heavy atom. The predicted molar refractivity (Wildman–Crippen MR) is 84.4 cm³/mol. The summed E-state index contributed by atoms with van der Waals surface area (Å²) in [5, 5.41) is 0. The standard InChI is InChI=1S/C16H17IO/c1-16(2,3)12-9-10-14(17)15(11-12)18-13-7-5-4-6-8-13/h4-11H,1-3H3. The van der Waals surface area contributed by atoms with Crippen LogP contribution in [0.2, 0.25) is 0 Å². The highest BCUT2D eigenvalue weighted by atomic mass is 127. The monoisotopic (exact) mass is 352 g/mol. The first kappa shape index (κ1) is 13.4. The summed E-state index contributed by atoms with van der Waals surface area (Å²) in [6.45, 7) is 6.63. The lowest BCUT2D eigenvalue weighted by atomic mass is 9.87. The second-order valence-electron chi connectivity index (χ2n) is 5.31. The van der Waals surface area contributed by atoms with Crippen molar-refractivity contribution in [1.82, 2.24) is 0 Å². The van der Waals surface area contributed by atoms with Crippen LogP contribution in [0.3, 0.4) is 0 Å². The Labute approximate surface area is 122 Å². The molecule has 2 aromatic rings. The topological polar surface area (TPSA) is 9.23 Å². The fourth-order valence-corrected chi connectivity index (χ4v) is 2.11. The molecule has 0 amide bonds. The van der Waals surface area contributed by atoms with Crippen molar-refractivity contribution >= 4 is 22.6 Å². The predicted octanol–water partition coefficient (Wildman–Crippen LogP) is 5.38. The van der Waals surface area contributed by atoms with Crippen molar-refractivity contribution in [3.8, 4) is 11.5 Å². The van der Waals surface area contributed by atoms with Gasteiger partial charge in [0.15, 0.2) is 0 Å². The molecular formula is C16H17IO. The van der Waals surface area contributed by atoms with E-state index in [2.05, 4.69) is 61.6 Å². The van der Waals surface area contributed by atoms with Crippen LogP contribution < -0.4 is 4.74 Å². The quantitative estimate of drug-likeness (QED) is 0.660. The van der Waals surface area contributed by atoms with E-state index in [0.29, 0.717) is 0 Å². The van der Waals surface area contributed by atoms with Gasteiger partial charge in [0, 0.05) is 0 Å². The summed E-state index contributed by atoms with van der Waals surface area (Å²) >= 11 is 2.31. The van der Waals surface area contributed by atoms with Crippen LogP contribution in [0.15, 0.2) is 48.5 Å². The molecule has 0 aromatic heterocycles. The molecule has 0 spiro atoms. The molecule has 0 bridgehead atoms. The number of ether oxygens (including phenoxy) is 1. The molecule has 2 aromatic carbocycles. The Morgan fingerprint density at radius 1 is 0.944 bits per heavy atom. The van der Waals surface area contributed by atoms with E-state index >= 15 is 0 Å². The number of hydrogen-bond donors (Lipinski definition) is 0. The average Bonchev–Trinajstić information content (AvgIpc) is 2.32. The van der Waals surface area contributed by atoms with E-state index in [4.69, 9.17) is 4.74 Å². The molecule has 0 saturated carbocycles.